The van der Waals surface area contributed by atoms with E-state index in [1.165, 1.54) is 37.4 Å². The Morgan fingerprint density at radius 3 is 2.43 bits per heavy atom. The van der Waals surface area contributed by atoms with Crippen LogP contribution < -0.4 is 10.0 Å². The van der Waals surface area contributed by atoms with E-state index in [4.69, 9.17) is 0 Å². The summed E-state index contributed by atoms with van der Waals surface area (Å²) in [6.45, 7) is 1.38. The molecule has 0 radical (unpaired) electrons. The van der Waals surface area contributed by atoms with Crippen molar-refractivity contribution in [1.29, 1.82) is 0 Å². The van der Waals surface area contributed by atoms with Crippen molar-refractivity contribution in [2.45, 2.75) is 11.8 Å². The van der Waals surface area contributed by atoms with Gasteiger partial charge in [-0.3, -0.25) is 9.52 Å². The molecule has 6 nitrogen and oxygen atoms in total. The van der Waals surface area contributed by atoms with Crippen molar-refractivity contribution in [3.8, 4) is 0 Å². The number of hydrogen-bond acceptors (Lipinski definition) is 4. The Balaban J connectivity index is 2.21. The lowest BCUT2D eigenvalue weighted by molar-refractivity contribution is -0.114. The maximum absolute atomic E-state index is 12.2. The Morgan fingerprint density at radius 2 is 1.86 bits per heavy atom. The quantitative estimate of drug-likeness (QED) is 0.866. The first-order chi connectivity index (χ1) is 9.87. The third-order valence-electron chi connectivity index (χ3n) is 2.45. The Kier molecular flexibility index (Phi) is 4.59. The van der Waals surface area contributed by atoms with Crippen molar-refractivity contribution in [2.24, 2.45) is 0 Å². The summed E-state index contributed by atoms with van der Waals surface area (Å²) in [4.78, 5) is 14.9. The molecular formula is C13H12BrN3O3S. The zero-order chi connectivity index (χ0) is 15.5. The second-order valence-corrected chi connectivity index (χ2v) is 6.77. The Bertz CT molecular complexity index is 760. The fourth-order valence-electron chi connectivity index (χ4n) is 1.58. The number of carbonyl (C=O) groups is 1. The molecule has 21 heavy (non-hydrogen) atoms. The van der Waals surface area contributed by atoms with Gasteiger partial charge in [0.15, 0.2) is 0 Å². The molecule has 0 saturated carbocycles. The molecule has 0 aliphatic carbocycles. The average Bonchev–Trinajstić information content (AvgIpc) is 2.38. The molecule has 2 rings (SSSR count). The smallest absolute Gasteiger partial charge is 0.263 e. The van der Waals surface area contributed by atoms with Gasteiger partial charge in [-0.2, -0.15) is 0 Å². The third-order valence-corrected chi connectivity index (χ3v) is 4.31. The van der Waals surface area contributed by atoms with Gasteiger partial charge in [0.1, 0.15) is 5.82 Å². The third kappa shape index (κ3) is 4.27. The summed E-state index contributed by atoms with van der Waals surface area (Å²) >= 11 is 3.24. The fourth-order valence-corrected chi connectivity index (χ4v) is 2.91. The van der Waals surface area contributed by atoms with Gasteiger partial charge in [-0.1, -0.05) is 15.9 Å². The molecule has 0 saturated heterocycles. The van der Waals surface area contributed by atoms with E-state index in [0.29, 0.717) is 5.69 Å². The molecule has 0 bridgehead atoms. The van der Waals surface area contributed by atoms with E-state index in [-0.39, 0.29) is 16.6 Å². The van der Waals surface area contributed by atoms with Crippen LogP contribution in [0, 0.1) is 0 Å². The molecule has 1 heterocycles. The predicted octanol–water partition coefficient (Wildman–Crippen LogP) is 2.60. The number of anilines is 2. The van der Waals surface area contributed by atoms with Gasteiger partial charge in [-0.15, -0.1) is 0 Å². The zero-order valence-corrected chi connectivity index (χ0v) is 13.4. The van der Waals surface area contributed by atoms with Crippen LogP contribution in [0.15, 0.2) is 52.0 Å². The molecule has 0 aliphatic rings. The Labute approximate surface area is 130 Å². The fraction of sp³-hybridized carbons (Fsp3) is 0.0769. The van der Waals surface area contributed by atoms with Gasteiger partial charge in [0.05, 0.1) is 4.90 Å². The number of nitrogens with one attached hydrogen (secondary N) is 2. The number of halogens is 1. The first-order valence-corrected chi connectivity index (χ1v) is 8.16. The molecule has 0 spiro atoms. The van der Waals surface area contributed by atoms with Crippen molar-refractivity contribution < 1.29 is 13.2 Å². The number of hydrogen-bond donors (Lipinski definition) is 2. The van der Waals surface area contributed by atoms with E-state index in [9.17, 15) is 13.2 Å². The molecule has 2 N–H and O–H groups in total. The molecule has 110 valence electrons. The van der Waals surface area contributed by atoms with Crippen molar-refractivity contribution in [3.63, 3.8) is 0 Å². The minimum absolute atomic E-state index is 0.0818. The van der Waals surface area contributed by atoms with Gasteiger partial charge in [-0.25, -0.2) is 13.4 Å². The minimum Gasteiger partial charge on any atom is -0.326 e. The maximum atomic E-state index is 12.2. The van der Waals surface area contributed by atoms with Crippen molar-refractivity contribution >= 4 is 43.4 Å². The van der Waals surface area contributed by atoms with E-state index in [1.54, 1.807) is 12.1 Å². The van der Waals surface area contributed by atoms with Crippen LogP contribution in [0.3, 0.4) is 0 Å². The van der Waals surface area contributed by atoms with Crippen molar-refractivity contribution in [3.05, 3.63) is 47.1 Å². The average molecular weight is 370 g/mol. The van der Waals surface area contributed by atoms with Gasteiger partial charge < -0.3 is 5.32 Å². The minimum atomic E-state index is -3.72. The summed E-state index contributed by atoms with van der Waals surface area (Å²) in [6.07, 6.45) is 1.49. The second-order valence-electron chi connectivity index (χ2n) is 4.17. The number of benzene rings is 1. The number of carbonyl (C=O) groups excluding carboxylic acids is 1. The van der Waals surface area contributed by atoms with E-state index < -0.39 is 10.0 Å². The standard InChI is InChI=1S/C13H12BrN3O3S/c1-9(18)16-11-2-4-12(5-3-11)21(19,20)17-13-8-10(14)6-7-15-13/h2-8H,1H3,(H,15,17)(H,16,18). The van der Waals surface area contributed by atoms with Crippen molar-refractivity contribution in [1.82, 2.24) is 4.98 Å². The van der Waals surface area contributed by atoms with E-state index >= 15 is 0 Å². The summed E-state index contributed by atoms with van der Waals surface area (Å²) in [6, 6.07) is 9.11. The maximum Gasteiger partial charge on any atom is 0.263 e. The van der Waals surface area contributed by atoms with Gasteiger partial charge in [0.2, 0.25) is 5.91 Å². The number of amides is 1. The lowest BCUT2D eigenvalue weighted by atomic mass is 10.3. The summed E-state index contributed by atoms with van der Waals surface area (Å²) in [5.41, 5.74) is 0.530. The number of nitrogens with zero attached hydrogens (tertiary/aromatic N) is 1. The SMILES string of the molecule is CC(=O)Nc1ccc(S(=O)(=O)Nc2cc(Br)ccn2)cc1. The summed E-state index contributed by atoms with van der Waals surface area (Å²) < 4.78 is 27.5. The van der Waals surface area contributed by atoms with Crippen LogP contribution in [0.4, 0.5) is 11.5 Å². The number of sulfonamides is 1. The van der Waals surface area contributed by atoms with Crippen LogP contribution in [0.25, 0.3) is 0 Å². The summed E-state index contributed by atoms with van der Waals surface area (Å²) in [7, 11) is -3.72. The monoisotopic (exact) mass is 369 g/mol. The first kappa shape index (κ1) is 15.5. The van der Waals surface area contributed by atoms with Crippen LogP contribution in [0.2, 0.25) is 0 Å². The molecule has 1 amide bonds. The zero-order valence-electron chi connectivity index (χ0n) is 11.0. The van der Waals surface area contributed by atoms with Crippen LogP contribution in [0.1, 0.15) is 6.92 Å². The summed E-state index contributed by atoms with van der Waals surface area (Å²) in [5.74, 6) is -0.00243. The normalized spacial score (nSPS) is 11.0. The highest BCUT2D eigenvalue weighted by molar-refractivity contribution is 9.10. The van der Waals surface area contributed by atoms with E-state index in [1.807, 2.05) is 0 Å². The molecule has 8 heteroatoms. The highest BCUT2D eigenvalue weighted by Gasteiger charge is 2.14. The lowest BCUT2D eigenvalue weighted by Crippen LogP contribution is -2.14. The van der Waals surface area contributed by atoms with Gasteiger partial charge in [-0.05, 0) is 36.4 Å². The molecule has 0 fully saturated rings. The largest absolute Gasteiger partial charge is 0.326 e. The van der Waals surface area contributed by atoms with Crippen LogP contribution in [0.5, 0.6) is 0 Å². The molecule has 1 aromatic heterocycles. The predicted molar refractivity (Wildman–Crippen MR) is 83.5 cm³/mol. The number of pyridine rings is 1. The van der Waals surface area contributed by atoms with Crippen LogP contribution in [-0.2, 0) is 14.8 Å². The van der Waals surface area contributed by atoms with Gasteiger partial charge in [0.25, 0.3) is 10.0 Å². The van der Waals surface area contributed by atoms with E-state index in [0.717, 1.165) is 4.47 Å². The molecule has 1 aromatic carbocycles. The lowest BCUT2D eigenvalue weighted by Gasteiger charge is -2.08. The number of rotatable bonds is 4. The molecule has 2 aromatic rings. The van der Waals surface area contributed by atoms with Gasteiger partial charge >= 0.3 is 0 Å². The Morgan fingerprint density at radius 1 is 1.19 bits per heavy atom. The highest BCUT2D eigenvalue weighted by Crippen LogP contribution is 2.19. The molecule has 0 unspecified atom stereocenters. The molecule has 0 aliphatic heterocycles. The Hall–Kier alpha value is -1.93. The van der Waals surface area contributed by atoms with Crippen LogP contribution in [-0.4, -0.2) is 19.3 Å². The van der Waals surface area contributed by atoms with Crippen molar-refractivity contribution in [2.75, 3.05) is 10.0 Å². The molecular weight excluding hydrogens is 358 g/mol. The second kappa shape index (κ2) is 6.23. The van der Waals surface area contributed by atoms with Crippen LogP contribution >= 0.6 is 15.9 Å². The van der Waals surface area contributed by atoms with E-state index in [2.05, 4.69) is 31.0 Å². The molecule has 0 atom stereocenters. The topological polar surface area (TPSA) is 88.2 Å². The number of aromatic nitrogens is 1. The highest BCUT2D eigenvalue weighted by atomic mass is 79.9. The van der Waals surface area contributed by atoms with Gasteiger partial charge in [0, 0.05) is 23.3 Å². The first-order valence-electron chi connectivity index (χ1n) is 5.89. The summed E-state index contributed by atoms with van der Waals surface area (Å²) in [5, 5.41) is 2.57.